The first-order valence-electron chi connectivity index (χ1n) is 4.72. The van der Waals surface area contributed by atoms with Crippen LogP contribution in [0.3, 0.4) is 0 Å². The van der Waals surface area contributed by atoms with Gasteiger partial charge in [0.25, 0.3) is 0 Å². The Morgan fingerprint density at radius 3 is 3.07 bits per heavy atom. The van der Waals surface area contributed by atoms with E-state index in [0.29, 0.717) is 0 Å². The van der Waals surface area contributed by atoms with Crippen LogP contribution in [0.2, 0.25) is 0 Å². The predicted octanol–water partition coefficient (Wildman–Crippen LogP) is 2.44. The van der Waals surface area contributed by atoms with Crippen LogP contribution in [0.4, 0.5) is 0 Å². The van der Waals surface area contributed by atoms with E-state index in [4.69, 9.17) is 4.74 Å². The Morgan fingerprint density at radius 1 is 1.57 bits per heavy atom. The summed E-state index contributed by atoms with van der Waals surface area (Å²) in [4.78, 5) is 4.17. The minimum Gasteiger partial charge on any atom is -0.379 e. The quantitative estimate of drug-likeness (QED) is 0.557. The van der Waals surface area contributed by atoms with Crippen molar-refractivity contribution in [2.45, 2.75) is 25.9 Å². The van der Waals surface area contributed by atoms with Gasteiger partial charge in [-0.2, -0.15) is 6.42 Å². The molecule has 2 rings (SSSR count). The third kappa shape index (κ3) is 2.86. The van der Waals surface area contributed by atoms with E-state index in [2.05, 4.69) is 17.5 Å². The van der Waals surface area contributed by atoms with E-state index in [9.17, 15) is 0 Å². The van der Waals surface area contributed by atoms with E-state index < -0.39 is 0 Å². The Morgan fingerprint density at radius 2 is 2.43 bits per heavy atom. The molecule has 2 nitrogen and oxygen atoms in total. The van der Waals surface area contributed by atoms with Gasteiger partial charge in [0.15, 0.2) is 0 Å². The minimum atomic E-state index is 0. The molecular formula is C11H14NOZn-. The van der Waals surface area contributed by atoms with Gasteiger partial charge in [-0.3, -0.25) is 4.98 Å². The van der Waals surface area contributed by atoms with Crippen molar-refractivity contribution in [1.82, 2.24) is 4.98 Å². The maximum absolute atomic E-state index is 5.66. The maximum atomic E-state index is 5.66. The van der Waals surface area contributed by atoms with Crippen molar-refractivity contribution in [3.63, 3.8) is 0 Å². The number of aryl methyl sites for hydroxylation is 1. The van der Waals surface area contributed by atoms with E-state index >= 15 is 0 Å². The van der Waals surface area contributed by atoms with Crippen molar-refractivity contribution in [2.24, 2.45) is 0 Å². The molecule has 14 heavy (non-hydrogen) atoms. The number of rotatable bonds is 1. The van der Waals surface area contributed by atoms with Crippen LogP contribution in [0.1, 0.15) is 30.2 Å². The number of hydrogen-bond acceptors (Lipinski definition) is 2. The van der Waals surface area contributed by atoms with Gasteiger partial charge in [0, 0.05) is 38.0 Å². The van der Waals surface area contributed by atoms with Gasteiger partial charge in [-0.1, -0.05) is 0 Å². The van der Waals surface area contributed by atoms with E-state index in [-0.39, 0.29) is 25.6 Å². The zero-order valence-electron chi connectivity index (χ0n) is 8.57. The Hall–Kier alpha value is -0.267. The first kappa shape index (κ1) is 11.8. The molecule has 0 bridgehead atoms. The van der Waals surface area contributed by atoms with Crippen LogP contribution < -0.4 is 0 Å². The molecule has 72 valence electrons. The van der Waals surface area contributed by atoms with Crippen molar-refractivity contribution in [1.29, 1.82) is 0 Å². The van der Waals surface area contributed by atoms with Gasteiger partial charge in [0.05, 0.1) is 6.10 Å². The molecule has 3 heteroatoms. The molecule has 1 saturated heterocycles. The Labute approximate surface area is 97.8 Å². The largest absolute Gasteiger partial charge is 0.379 e. The molecular weight excluding hydrogens is 228 g/mol. The summed E-state index contributed by atoms with van der Waals surface area (Å²) in [7, 11) is 0. The fourth-order valence-electron chi connectivity index (χ4n) is 1.63. The van der Waals surface area contributed by atoms with Crippen LogP contribution in [-0.2, 0) is 24.2 Å². The van der Waals surface area contributed by atoms with Gasteiger partial charge in [-0.15, -0.1) is 6.42 Å². The summed E-state index contributed by atoms with van der Waals surface area (Å²) in [6.07, 6.45) is 6.52. The molecule has 1 atom stereocenters. The molecule has 0 saturated carbocycles. The summed E-state index contributed by atoms with van der Waals surface area (Å²) < 4.78 is 5.66. The van der Waals surface area contributed by atoms with Crippen LogP contribution in [0.5, 0.6) is 0 Å². The monoisotopic (exact) mass is 240 g/mol. The topological polar surface area (TPSA) is 22.1 Å². The molecule has 1 aliphatic heterocycles. The average molecular weight is 242 g/mol. The Kier molecular flexibility index (Phi) is 4.70. The van der Waals surface area contributed by atoms with Gasteiger partial charge in [-0.25, -0.2) is 0 Å². The molecule has 0 radical (unpaired) electrons. The average Bonchev–Trinajstić information content (AvgIpc) is 2.19. The zero-order chi connectivity index (χ0) is 9.10. The zero-order valence-corrected chi connectivity index (χ0v) is 11.5. The van der Waals surface area contributed by atoms with E-state index in [1.165, 1.54) is 5.56 Å². The predicted molar refractivity (Wildman–Crippen MR) is 51.2 cm³/mol. The second-order valence-electron chi connectivity index (χ2n) is 3.40. The van der Waals surface area contributed by atoms with Crippen LogP contribution in [0.25, 0.3) is 0 Å². The van der Waals surface area contributed by atoms with Crippen molar-refractivity contribution >= 4 is 0 Å². The molecule has 1 aromatic heterocycles. The minimum absolute atomic E-state index is 0. The molecule has 1 fully saturated rings. The van der Waals surface area contributed by atoms with Crippen LogP contribution in [-0.4, -0.2) is 11.6 Å². The number of ether oxygens (including phenoxy) is 1. The first-order chi connectivity index (χ1) is 6.36. The third-order valence-corrected chi connectivity index (χ3v) is 2.31. The van der Waals surface area contributed by atoms with Crippen molar-refractivity contribution in [3.8, 4) is 0 Å². The first-order valence-corrected chi connectivity index (χ1v) is 4.72. The molecule has 0 spiro atoms. The second-order valence-corrected chi connectivity index (χ2v) is 3.40. The van der Waals surface area contributed by atoms with Gasteiger partial charge < -0.3 is 11.2 Å². The Balaban J connectivity index is 0.000000980. The number of pyridine rings is 1. The second kappa shape index (κ2) is 5.57. The van der Waals surface area contributed by atoms with Gasteiger partial charge in [0.1, 0.15) is 0 Å². The summed E-state index contributed by atoms with van der Waals surface area (Å²) in [5.41, 5.74) is 2.31. The van der Waals surface area contributed by atoms with Crippen molar-refractivity contribution in [2.75, 3.05) is 6.61 Å². The van der Waals surface area contributed by atoms with Crippen LogP contribution in [0.15, 0.2) is 18.3 Å². The molecule has 1 aliphatic rings. The summed E-state index contributed by atoms with van der Waals surface area (Å²) in [6.45, 7) is 2.86. The van der Waals surface area contributed by atoms with Gasteiger partial charge in [0.2, 0.25) is 0 Å². The van der Waals surface area contributed by atoms with Gasteiger partial charge in [-0.05, 0) is 24.6 Å². The normalized spacial score (nSPS) is 21.4. The van der Waals surface area contributed by atoms with Crippen LogP contribution >= 0.6 is 0 Å². The molecule has 1 aromatic rings. The molecule has 1 unspecified atom stereocenters. The summed E-state index contributed by atoms with van der Waals surface area (Å²) in [5, 5.41) is 0. The molecule has 0 N–H and O–H groups in total. The third-order valence-electron chi connectivity index (χ3n) is 2.31. The Bertz CT molecular complexity index is 284. The van der Waals surface area contributed by atoms with E-state index in [1.807, 2.05) is 19.2 Å². The maximum Gasteiger partial charge on any atom is 0.0556 e. The van der Waals surface area contributed by atoms with Crippen molar-refractivity contribution < 1.29 is 24.2 Å². The van der Waals surface area contributed by atoms with E-state index in [1.54, 1.807) is 0 Å². The fraction of sp³-hybridized carbons (Fsp3) is 0.455. The van der Waals surface area contributed by atoms with Crippen LogP contribution in [0, 0.1) is 13.3 Å². The number of aromatic nitrogens is 1. The van der Waals surface area contributed by atoms with Gasteiger partial charge >= 0.3 is 0 Å². The molecule has 0 aliphatic carbocycles. The summed E-state index contributed by atoms with van der Waals surface area (Å²) >= 11 is 0. The fourth-order valence-corrected chi connectivity index (χ4v) is 1.63. The molecule has 0 aromatic carbocycles. The summed E-state index contributed by atoms with van der Waals surface area (Å²) in [5.74, 6) is 0. The molecule has 0 amide bonds. The summed E-state index contributed by atoms with van der Waals surface area (Å²) in [6, 6.07) is 4.14. The number of nitrogens with zero attached hydrogens (tertiary/aromatic N) is 1. The standard InChI is InChI=1S/C11H14NO.Zn/c1-9-8-10(5-6-12-9)11-4-2-3-7-13-11;/h2,5-6,8,11H,3-4,7H2,1H3;/q-1;. The SMILES string of the molecule is Cc1cc(C2C[CH-]CCO2)ccn1.[Zn]. The molecule has 2 heterocycles. The van der Waals surface area contributed by atoms with E-state index in [0.717, 1.165) is 25.1 Å². The van der Waals surface area contributed by atoms with Crippen molar-refractivity contribution in [3.05, 3.63) is 36.0 Å². The smallest absolute Gasteiger partial charge is 0.0556 e. The number of hydrogen-bond donors (Lipinski definition) is 0.